The number of rotatable bonds is 5. The van der Waals surface area contributed by atoms with Crippen LogP contribution < -0.4 is 15.2 Å². The highest BCUT2D eigenvalue weighted by Crippen LogP contribution is 2.24. The minimum absolute atomic E-state index is 0.0541. The molecule has 5 nitrogen and oxygen atoms in total. The smallest absolute Gasteiger partial charge is 0.242 e. The van der Waals surface area contributed by atoms with Crippen LogP contribution in [-0.4, -0.2) is 15.5 Å². The summed E-state index contributed by atoms with van der Waals surface area (Å²) in [6.45, 7) is 0.440. The van der Waals surface area contributed by atoms with E-state index in [4.69, 9.17) is 10.5 Å². The molecule has 0 aliphatic heterocycles. The average Bonchev–Trinajstić information content (AvgIpc) is 2.89. The van der Waals surface area contributed by atoms with E-state index in [1.165, 1.54) is 19.2 Å². The van der Waals surface area contributed by atoms with E-state index in [0.29, 0.717) is 12.4 Å². The molecule has 102 valence electrons. The van der Waals surface area contributed by atoms with Crippen LogP contribution in [0.15, 0.2) is 40.6 Å². The molecule has 1 aromatic heterocycles. The molecule has 0 spiro atoms. The predicted octanol–water partition coefficient (Wildman–Crippen LogP) is 1.82. The molecule has 0 fully saturated rings. The Hall–Kier alpha value is -1.57. The van der Waals surface area contributed by atoms with Crippen molar-refractivity contribution in [1.29, 1.82) is 0 Å². The highest BCUT2D eigenvalue weighted by atomic mass is 32.2. The zero-order valence-corrected chi connectivity index (χ0v) is 11.9. The first-order valence-electron chi connectivity index (χ1n) is 5.51. The van der Waals surface area contributed by atoms with E-state index in [0.717, 1.165) is 4.88 Å². The largest absolute Gasteiger partial charge is 0.488 e. The summed E-state index contributed by atoms with van der Waals surface area (Å²) >= 11 is 1.60. The zero-order chi connectivity index (χ0) is 13.9. The quantitative estimate of drug-likeness (QED) is 0.825. The molecule has 2 aromatic rings. The number of nitrogens with two attached hydrogens (primary N) is 1. The maximum absolute atomic E-state index is 11.6. The van der Waals surface area contributed by atoms with Gasteiger partial charge >= 0.3 is 0 Å². The van der Waals surface area contributed by atoms with Gasteiger partial charge in [0, 0.05) is 10.9 Å². The maximum atomic E-state index is 11.6. The Bertz CT molecular complexity index is 652. The van der Waals surface area contributed by atoms with Gasteiger partial charge in [-0.05, 0) is 30.6 Å². The molecule has 0 unspecified atom stereocenters. The number of sulfonamides is 1. The molecular formula is C12H14N2O3S2. The summed E-state index contributed by atoms with van der Waals surface area (Å²) in [6.07, 6.45) is 0. The van der Waals surface area contributed by atoms with E-state index in [1.807, 2.05) is 17.5 Å². The second-order valence-electron chi connectivity index (χ2n) is 3.78. The number of thiophene rings is 1. The van der Waals surface area contributed by atoms with Crippen LogP contribution in [0.4, 0.5) is 5.69 Å². The molecule has 0 aliphatic carbocycles. The van der Waals surface area contributed by atoms with Crippen molar-refractivity contribution in [2.24, 2.45) is 0 Å². The van der Waals surface area contributed by atoms with Gasteiger partial charge in [0.25, 0.3) is 0 Å². The van der Waals surface area contributed by atoms with Crippen LogP contribution in [0.25, 0.3) is 0 Å². The monoisotopic (exact) mass is 298 g/mol. The Morgan fingerprint density at radius 1 is 1.37 bits per heavy atom. The van der Waals surface area contributed by atoms with Gasteiger partial charge in [-0.1, -0.05) is 6.07 Å². The number of nitrogen functional groups attached to an aromatic ring is 1. The van der Waals surface area contributed by atoms with Crippen LogP contribution in [0.1, 0.15) is 4.88 Å². The van der Waals surface area contributed by atoms with Crippen molar-refractivity contribution < 1.29 is 13.2 Å². The predicted molar refractivity (Wildman–Crippen MR) is 75.8 cm³/mol. The lowest BCUT2D eigenvalue weighted by Crippen LogP contribution is -2.19. The molecule has 0 bridgehead atoms. The van der Waals surface area contributed by atoms with Crippen molar-refractivity contribution in [2.45, 2.75) is 11.5 Å². The summed E-state index contributed by atoms with van der Waals surface area (Å²) in [4.78, 5) is 1.14. The van der Waals surface area contributed by atoms with Crippen molar-refractivity contribution in [2.75, 3.05) is 12.8 Å². The molecule has 7 heteroatoms. The molecular weight excluding hydrogens is 284 g/mol. The Balaban J connectivity index is 2.15. The van der Waals surface area contributed by atoms with E-state index in [-0.39, 0.29) is 10.6 Å². The minimum atomic E-state index is -3.53. The minimum Gasteiger partial charge on any atom is -0.488 e. The normalized spacial score (nSPS) is 11.4. The van der Waals surface area contributed by atoms with Crippen LogP contribution in [0.5, 0.6) is 5.75 Å². The third-order valence-corrected chi connectivity index (χ3v) is 4.84. The number of hydrogen-bond donors (Lipinski definition) is 2. The van der Waals surface area contributed by atoms with E-state index >= 15 is 0 Å². The molecule has 0 aliphatic rings. The lowest BCUT2D eigenvalue weighted by molar-refractivity contribution is 0.310. The van der Waals surface area contributed by atoms with Gasteiger partial charge < -0.3 is 10.5 Å². The van der Waals surface area contributed by atoms with Gasteiger partial charge in [-0.2, -0.15) is 0 Å². The van der Waals surface area contributed by atoms with Crippen LogP contribution in [0, 0.1) is 0 Å². The standard InChI is InChI=1S/C12H14N2O3S2/c1-14-19(15,16)12-5-4-9(7-11(12)13)17-8-10-3-2-6-18-10/h2-7,14H,8,13H2,1H3. The first kappa shape index (κ1) is 13.9. The molecule has 2 rings (SSSR count). The van der Waals surface area contributed by atoms with Crippen molar-refractivity contribution in [3.63, 3.8) is 0 Å². The first-order chi connectivity index (χ1) is 9.03. The number of anilines is 1. The van der Waals surface area contributed by atoms with Gasteiger partial charge in [0.1, 0.15) is 17.3 Å². The number of hydrogen-bond acceptors (Lipinski definition) is 5. The molecule has 0 atom stereocenters. The summed E-state index contributed by atoms with van der Waals surface area (Å²) < 4.78 is 31.1. The Morgan fingerprint density at radius 2 is 2.16 bits per heavy atom. The van der Waals surface area contributed by atoms with E-state index < -0.39 is 10.0 Å². The summed E-state index contributed by atoms with van der Waals surface area (Å²) in [5.74, 6) is 0.543. The molecule has 1 aromatic carbocycles. The molecule has 1 heterocycles. The van der Waals surface area contributed by atoms with Gasteiger partial charge in [0.05, 0.1) is 5.69 Å². The summed E-state index contributed by atoms with van der Waals surface area (Å²) in [7, 11) is -2.19. The SMILES string of the molecule is CNS(=O)(=O)c1ccc(OCc2cccs2)cc1N. The van der Waals surface area contributed by atoms with Crippen LogP contribution >= 0.6 is 11.3 Å². The molecule has 3 N–H and O–H groups in total. The number of benzene rings is 1. The van der Waals surface area contributed by atoms with Crippen LogP contribution in [-0.2, 0) is 16.6 Å². The van der Waals surface area contributed by atoms with Crippen molar-refractivity contribution >= 4 is 27.0 Å². The molecule has 0 amide bonds. The summed E-state index contributed by atoms with van der Waals surface area (Å²) in [5, 5.41) is 1.97. The van der Waals surface area contributed by atoms with Gasteiger partial charge in [-0.15, -0.1) is 11.3 Å². The molecule has 0 saturated heterocycles. The maximum Gasteiger partial charge on any atom is 0.242 e. The molecule has 19 heavy (non-hydrogen) atoms. The highest BCUT2D eigenvalue weighted by molar-refractivity contribution is 7.89. The molecule has 0 saturated carbocycles. The average molecular weight is 298 g/mol. The van der Waals surface area contributed by atoms with Crippen LogP contribution in [0.3, 0.4) is 0 Å². The zero-order valence-electron chi connectivity index (χ0n) is 10.3. The number of ether oxygens (including phenoxy) is 1. The lowest BCUT2D eigenvalue weighted by atomic mass is 10.3. The highest BCUT2D eigenvalue weighted by Gasteiger charge is 2.15. The second-order valence-corrected chi connectivity index (χ2v) is 6.66. The topological polar surface area (TPSA) is 81.4 Å². The van der Waals surface area contributed by atoms with Gasteiger partial charge in [0.15, 0.2) is 0 Å². The van der Waals surface area contributed by atoms with Gasteiger partial charge in [0.2, 0.25) is 10.0 Å². The lowest BCUT2D eigenvalue weighted by Gasteiger charge is -2.09. The number of nitrogens with one attached hydrogen (secondary N) is 1. The summed E-state index contributed by atoms with van der Waals surface area (Å²) in [6, 6.07) is 8.45. The van der Waals surface area contributed by atoms with E-state index in [9.17, 15) is 8.42 Å². The van der Waals surface area contributed by atoms with Crippen LogP contribution in [0.2, 0.25) is 0 Å². The third-order valence-electron chi connectivity index (χ3n) is 2.50. The van der Waals surface area contributed by atoms with Gasteiger partial charge in [-0.3, -0.25) is 0 Å². The fourth-order valence-corrected chi connectivity index (χ4v) is 2.97. The third kappa shape index (κ3) is 3.25. The van der Waals surface area contributed by atoms with Crippen molar-refractivity contribution in [3.8, 4) is 5.75 Å². The Labute approximate surface area is 116 Å². The van der Waals surface area contributed by atoms with Crippen molar-refractivity contribution in [1.82, 2.24) is 4.72 Å². The fourth-order valence-electron chi connectivity index (χ4n) is 1.52. The Morgan fingerprint density at radius 3 is 2.74 bits per heavy atom. The Kier molecular flexibility index (Phi) is 4.08. The second kappa shape index (κ2) is 5.60. The van der Waals surface area contributed by atoms with E-state index in [2.05, 4.69) is 4.72 Å². The molecule has 0 radical (unpaired) electrons. The summed E-state index contributed by atoms with van der Waals surface area (Å²) in [5.41, 5.74) is 5.90. The van der Waals surface area contributed by atoms with Gasteiger partial charge in [-0.25, -0.2) is 13.1 Å². The first-order valence-corrected chi connectivity index (χ1v) is 7.87. The van der Waals surface area contributed by atoms with E-state index in [1.54, 1.807) is 17.4 Å². The van der Waals surface area contributed by atoms with Crippen molar-refractivity contribution in [3.05, 3.63) is 40.6 Å². The fraction of sp³-hybridized carbons (Fsp3) is 0.167.